The van der Waals surface area contributed by atoms with Gasteiger partial charge in [0, 0.05) is 5.56 Å². The molecule has 0 bridgehead atoms. The molecule has 0 aliphatic rings. The third-order valence-corrected chi connectivity index (χ3v) is 3.85. The van der Waals surface area contributed by atoms with Crippen molar-refractivity contribution in [3.05, 3.63) is 34.8 Å². The van der Waals surface area contributed by atoms with Crippen LogP contribution in [0.4, 0.5) is 0 Å². The molecule has 0 radical (unpaired) electrons. The second-order valence-electron chi connectivity index (χ2n) is 4.06. The Bertz CT molecular complexity index is 489. The molecule has 2 aromatic rings. The SMILES string of the molecule is CCC(NC)c1nnc(-c2cccc(C)c2)s1. The number of rotatable bonds is 4. The van der Waals surface area contributed by atoms with E-state index in [1.165, 1.54) is 5.56 Å². The molecular weight excluding hydrogens is 230 g/mol. The van der Waals surface area contributed by atoms with Crippen LogP contribution >= 0.6 is 11.3 Å². The third-order valence-electron chi connectivity index (χ3n) is 2.76. The summed E-state index contributed by atoms with van der Waals surface area (Å²) in [5, 5.41) is 13.9. The summed E-state index contributed by atoms with van der Waals surface area (Å²) in [4.78, 5) is 0. The number of nitrogens with zero attached hydrogens (tertiary/aromatic N) is 2. The standard InChI is InChI=1S/C13H17N3S/c1-4-11(14-3)13-16-15-12(17-13)10-7-5-6-9(2)8-10/h5-8,11,14H,4H2,1-3H3. The molecule has 1 aromatic carbocycles. The molecule has 0 spiro atoms. The monoisotopic (exact) mass is 247 g/mol. The van der Waals surface area contributed by atoms with Crippen LogP contribution in [0.5, 0.6) is 0 Å². The quantitative estimate of drug-likeness (QED) is 0.901. The molecule has 4 heteroatoms. The van der Waals surface area contributed by atoms with E-state index in [9.17, 15) is 0 Å². The lowest BCUT2D eigenvalue weighted by Gasteiger charge is -2.08. The number of nitrogens with one attached hydrogen (secondary N) is 1. The van der Waals surface area contributed by atoms with Gasteiger partial charge in [-0.25, -0.2) is 0 Å². The Labute approximate surface area is 106 Å². The molecular formula is C13H17N3S. The van der Waals surface area contributed by atoms with Gasteiger partial charge in [-0.3, -0.25) is 0 Å². The van der Waals surface area contributed by atoms with Crippen LogP contribution in [0.2, 0.25) is 0 Å². The summed E-state index contributed by atoms with van der Waals surface area (Å²) < 4.78 is 0. The molecule has 0 saturated carbocycles. The van der Waals surface area contributed by atoms with E-state index < -0.39 is 0 Å². The van der Waals surface area contributed by atoms with Gasteiger partial charge in [-0.2, -0.15) is 0 Å². The zero-order valence-electron chi connectivity index (χ0n) is 10.4. The van der Waals surface area contributed by atoms with E-state index in [1.807, 2.05) is 7.05 Å². The lowest BCUT2D eigenvalue weighted by molar-refractivity contribution is 0.568. The molecule has 3 nitrogen and oxygen atoms in total. The van der Waals surface area contributed by atoms with Crippen LogP contribution in [-0.2, 0) is 0 Å². The molecule has 1 N–H and O–H groups in total. The maximum absolute atomic E-state index is 4.27. The van der Waals surface area contributed by atoms with Gasteiger partial charge in [0.15, 0.2) is 0 Å². The lowest BCUT2D eigenvalue weighted by Crippen LogP contribution is -2.14. The van der Waals surface area contributed by atoms with Gasteiger partial charge in [-0.1, -0.05) is 42.0 Å². The van der Waals surface area contributed by atoms with Gasteiger partial charge < -0.3 is 5.32 Å². The van der Waals surface area contributed by atoms with Crippen molar-refractivity contribution in [2.45, 2.75) is 26.3 Å². The number of hydrogen-bond donors (Lipinski definition) is 1. The van der Waals surface area contributed by atoms with Gasteiger partial charge in [0.2, 0.25) is 0 Å². The van der Waals surface area contributed by atoms with E-state index in [2.05, 4.69) is 53.6 Å². The highest BCUT2D eigenvalue weighted by atomic mass is 32.1. The van der Waals surface area contributed by atoms with Crippen molar-refractivity contribution in [1.29, 1.82) is 0 Å². The summed E-state index contributed by atoms with van der Waals surface area (Å²) in [5.41, 5.74) is 2.40. The van der Waals surface area contributed by atoms with Gasteiger partial charge in [0.1, 0.15) is 10.0 Å². The second-order valence-corrected chi connectivity index (χ2v) is 5.07. The van der Waals surface area contributed by atoms with Gasteiger partial charge >= 0.3 is 0 Å². The van der Waals surface area contributed by atoms with Crippen LogP contribution in [0.1, 0.15) is 30.0 Å². The van der Waals surface area contributed by atoms with E-state index in [0.29, 0.717) is 6.04 Å². The molecule has 1 heterocycles. The largest absolute Gasteiger partial charge is 0.311 e. The first-order valence-corrected chi connectivity index (χ1v) is 6.64. The van der Waals surface area contributed by atoms with Gasteiger partial charge in [-0.05, 0) is 26.5 Å². The van der Waals surface area contributed by atoms with E-state index in [0.717, 1.165) is 22.0 Å². The molecule has 17 heavy (non-hydrogen) atoms. The predicted molar refractivity (Wildman–Crippen MR) is 72.2 cm³/mol. The van der Waals surface area contributed by atoms with Crippen molar-refractivity contribution in [1.82, 2.24) is 15.5 Å². The number of benzene rings is 1. The van der Waals surface area contributed by atoms with Crippen LogP contribution < -0.4 is 5.32 Å². The molecule has 0 fully saturated rings. The normalized spacial score (nSPS) is 12.6. The van der Waals surface area contributed by atoms with Crippen LogP contribution in [0.3, 0.4) is 0 Å². The van der Waals surface area contributed by atoms with Crippen LogP contribution in [0.15, 0.2) is 24.3 Å². The minimum absolute atomic E-state index is 0.311. The predicted octanol–water partition coefficient (Wildman–Crippen LogP) is 3.18. The maximum atomic E-state index is 4.27. The summed E-state index contributed by atoms with van der Waals surface area (Å²) >= 11 is 1.67. The smallest absolute Gasteiger partial charge is 0.147 e. The molecule has 2 rings (SSSR count). The van der Waals surface area contributed by atoms with Crippen molar-refractivity contribution in [3.8, 4) is 10.6 Å². The fraction of sp³-hybridized carbons (Fsp3) is 0.385. The van der Waals surface area contributed by atoms with Crippen molar-refractivity contribution in [2.75, 3.05) is 7.05 Å². The average molecular weight is 247 g/mol. The van der Waals surface area contributed by atoms with E-state index in [4.69, 9.17) is 0 Å². The van der Waals surface area contributed by atoms with E-state index in [1.54, 1.807) is 11.3 Å². The van der Waals surface area contributed by atoms with E-state index >= 15 is 0 Å². The third kappa shape index (κ3) is 2.70. The number of hydrogen-bond acceptors (Lipinski definition) is 4. The van der Waals surface area contributed by atoms with Gasteiger partial charge in [0.25, 0.3) is 0 Å². The summed E-state index contributed by atoms with van der Waals surface area (Å²) in [6.45, 7) is 4.24. The molecule has 1 aromatic heterocycles. The molecule has 0 aliphatic heterocycles. The van der Waals surface area contributed by atoms with Crippen LogP contribution in [-0.4, -0.2) is 17.2 Å². The molecule has 0 saturated heterocycles. The minimum atomic E-state index is 0.311. The zero-order valence-corrected chi connectivity index (χ0v) is 11.2. The zero-order chi connectivity index (χ0) is 12.3. The topological polar surface area (TPSA) is 37.8 Å². The Morgan fingerprint density at radius 2 is 2.18 bits per heavy atom. The van der Waals surface area contributed by atoms with E-state index in [-0.39, 0.29) is 0 Å². The molecule has 0 amide bonds. The summed E-state index contributed by atoms with van der Waals surface area (Å²) in [6.07, 6.45) is 1.03. The molecule has 0 aliphatic carbocycles. The Hall–Kier alpha value is -1.26. The summed E-state index contributed by atoms with van der Waals surface area (Å²) in [6, 6.07) is 8.68. The first kappa shape index (κ1) is 12.2. The van der Waals surface area contributed by atoms with Crippen molar-refractivity contribution in [2.24, 2.45) is 0 Å². The lowest BCUT2D eigenvalue weighted by atomic mass is 10.1. The van der Waals surface area contributed by atoms with Gasteiger partial charge in [0.05, 0.1) is 6.04 Å². The van der Waals surface area contributed by atoms with Crippen molar-refractivity contribution in [3.63, 3.8) is 0 Å². The Morgan fingerprint density at radius 3 is 2.82 bits per heavy atom. The highest BCUT2D eigenvalue weighted by Gasteiger charge is 2.13. The van der Waals surface area contributed by atoms with Gasteiger partial charge in [-0.15, -0.1) is 10.2 Å². The fourth-order valence-corrected chi connectivity index (χ4v) is 2.81. The number of aryl methyl sites for hydroxylation is 1. The first-order valence-electron chi connectivity index (χ1n) is 5.82. The fourth-order valence-electron chi connectivity index (χ4n) is 1.77. The van der Waals surface area contributed by atoms with Crippen molar-refractivity contribution >= 4 is 11.3 Å². The first-order chi connectivity index (χ1) is 8.24. The second kappa shape index (κ2) is 5.38. The Balaban J connectivity index is 2.29. The van der Waals surface area contributed by atoms with Crippen molar-refractivity contribution < 1.29 is 0 Å². The maximum Gasteiger partial charge on any atom is 0.147 e. The summed E-state index contributed by atoms with van der Waals surface area (Å²) in [5.74, 6) is 0. The Morgan fingerprint density at radius 1 is 1.35 bits per heavy atom. The highest BCUT2D eigenvalue weighted by Crippen LogP contribution is 2.28. The van der Waals surface area contributed by atoms with Crippen LogP contribution in [0.25, 0.3) is 10.6 Å². The molecule has 1 unspecified atom stereocenters. The number of aromatic nitrogens is 2. The Kier molecular flexibility index (Phi) is 3.86. The average Bonchev–Trinajstić information content (AvgIpc) is 2.80. The van der Waals surface area contributed by atoms with Crippen LogP contribution in [0, 0.1) is 6.92 Å². The molecule has 90 valence electrons. The summed E-state index contributed by atoms with van der Waals surface area (Å²) in [7, 11) is 1.96. The minimum Gasteiger partial charge on any atom is -0.311 e. The molecule has 1 atom stereocenters. The highest BCUT2D eigenvalue weighted by molar-refractivity contribution is 7.14.